The molecule has 1 aliphatic heterocycles. The van der Waals surface area contributed by atoms with E-state index >= 15 is 0 Å². The van der Waals surface area contributed by atoms with Crippen LogP contribution in [0.25, 0.3) is 0 Å². The Hall–Kier alpha value is -2.60. The Morgan fingerprint density at radius 1 is 1.13 bits per heavy atom. The quantitative estimate of drug-likeness (QED) is 0.419. The molecule has 0 spiro atoms. The number of hydrogen-bond acceptors (Lipinski definition) is 6. The highest BCUT2D eigenvalue weighted by atomic mass is 35.5. The highest BCUT2D eigenvalue weighted by Gasteiger charge is 2.41. The maximum atomic E-state index is 14.2. The second-order valence-electron chi connectivity index (χ2n) is 10.1. The Morgan fingerprint density at radius 2 is 1.85 bits per heavy atom. The van der Waals surface area contributed by atoms with Crippen LogP contribution in [0, 0.1) is 0 Å². The number of ether oxygens (including phenoxy) is 1. The van der Waals surface area contributed by atoms with Gasteiger partial charge >= 0.3 is 0 Å². The van der Waals surface area contributed by atoms with Crippen LogP contribution in [-0.4, -0.2) is 67.1 Å². The van der Waals surface area contributed by atoms with Crippen LogP contribution in [0.5, 0.6) is 0 Å². The van der Waals surface area contributed by atoms with Crippen molar-refractivity contribution in [1.82, 2.24) is 10.2 Å². The Balaban J connectivity index is 1.38. The molecule has 2 saturated carbocycles. The molecular formula is C27H31ClF2N4O4S. The van der Waals surface area contributed by atoms with E-state index in [-0.39, 0.29) is 54.8 Å². The molecule has 2 aromatic rings. The van der Waals surface area contributed by atoms with Gasteiger partial charge in [-0.05, 0) is 56.0 Å². The van der Waals surface area contributed by atoms with Gasteiger partial charge in [0.2, 0.25) is 5.91 Å². The number of thiophene rings is 1. The Bertz CT molecular complexity index is 1210. The van der Waals surface area contributed by atoms with E-state index in [1.807, 2.05) is 0 Å². The number of carbonyl (C=O) groups excluding carboxylic acids is 3. The fourth-order valence-corrected chi connectivity index (χ4v) is 6.20. The number of morpholine rings is 1. The highest BCUT2D eigenvalue weighted by Crippen LogP contribution is 2.37. The van der Waals surface area contributed by atoms with E-state index in [1.54, 1.807) is 18.2 Å². The van der Waals surface area contributed by atoms with Gasteiger partial charge < -0.3 is 20.3 Å². The van der Waals surface area contributed by atoms with Gasteiger partial charge in [0, 0.05) is 42.1 Å². The molecule has 0 bridgehead atoms. The molecule has 210 valence electrons. The van der Waals surface area contributed by atoms with E-state index in [9.17, 15) is 23.2 Å². The minimum Gasteiger partial charge on any atom is -0.370 e. The van der Waals surface area contributed by atoms with Gasteiger partial charge in [0.05, 0.1) is 15.8 Å². The second kappa shape index (κ2) is 12.3. The lowest BCUT2D eigenvalue weighted by molar-refractivity contribution is -0.126. The van der Waals surface area contributed by atoms with E-state index in [0.29, 0.717) is 21.5 Å². The van der Waals surface area contributed by atoms with Crippen molar-refractivity contribution in [2.75, 3.05) is 36.5 Å². The summed E-state index contributed by atoms with van der Waals surface area (Å²) in [7, 11) is 0. The molecule has 1 saturated heterocycles. The maximum absolute atomic E-state index is 14.2. The molecule has 8 nitrogen and oxygen atoms in total. The van der Waals surface area contributed by atoms with Crippen molar-refractivity contribution in [3.8, 4) is 0 Å². The van der Waals surface area contributed by atoms with Gasteiger partial charge in [0.1, 0.15) is 12.6 Å². The number of rotatable bonds is 10. The third kappa shape index (κ3) is 6.26. The Labute approximate surface area is 234 Å². The fraction of sp³-hybridized carbons (Fsp3) is 0.519. The zero-order chi connectivity index (χ0) is 27.5. The molecular weight excluding hydrogens is 550 g/mol. The van der Waals surface area contributed by atoms with Crippen LogP contribution in [-0.2, 0) is 14.3 Å². The van der Waals surface area contributed by atoms with Crippen LogP contribution in [0.1, 0.15) is 60.2 Å². The molecule has 2 heterocycles. The molecule has 3 fully saturated rings. The third-order valence-electron chi connectivity index (χ3n) is 7.73. The summed E-state index contributed by atoms with van der Waals surface area (Å²) in [5.74, 6) is -1.09. The van der Waals surface area contributed by atoms with Crippen LogP contribution < -0.4 is 15.5 Å². The molecule has 1 atom stereocenters. The normalized spacial score (nSPS) is 19.1. The van der Waals surface area contributed by atoms with Gasteiger partial charge in [-0.1, -0.05) is 24.4 Å². The smallest absolute Gasteiger partial charge is 0.265 e. The zero-order valence-corrected chi connectivity index (χ0v) is 22.9. The number of anilines is 2. The van der Waals surface area contributed by atoms with Gasteiger partial charge in [0.25, 0.3) is 18.2 Å². The minimum absolute atomic E-state index is 0.0111. The van der Waals surface area contributed by atoms with Crippen molar-refractivity contribution >= 4 is 52.0 Å². The van der Waals surface area contributed by atoms with E-state index in [2.05, 4.69) is 15.5 Å². The van der Waals surface area contributed by atoms with Crippen molar-refractivity contribution in [3.05, 3.63) is 45.1 Å². The van der Waals surface area contributed by atoms with E-state index in [1.165, 1.54) is 17.0 Å². The molecule has 3 aliphatic rings. The lowest BCUT2D eigenvalue weighted by Crippen LogP contribution is -2.61. The molecule has 2 N–H and O–H groups in total. The summed E-state index contributed by atoms with van der Waals surface area (Å²) in [5, 5.41) is 5.60. The molecule has 0 radical (unpaired) electrons. The van der Waals surface area contributed by atoms with Crippen molar-refractivity contribution in [3.63, 3.8) is 0 Å². The average molecular weight is 581 g/mol. The number of nitrogens with zero attached hydrogens (tertiary/aromatic N) is 2. The van der Waals surface area contributed by atoms with Gasteiger partial charge in [-0.2, -0.15) is 0 Å². The lowest BCUT2D eigenvalue weighted by atomic mass is 9.83. The average Bonchev–Trinajstić information content (AvgIpc) is 3.28. The summed E-state index contributed by atoms with van der Waals surface area (Å²) in [6.45, 7) is 0.517. The van der Waals surface area contributed by atoms with Crippen molar-refractivity contribution in [2.24, 2.45) is 0 Å². The second-order valence-corrected chi connectivity index (χ2v) is 11.8. The van der Waals surface area contributed by atoms with E-state index in [4.69, 9.17) is 16.3 Å². The van der Waals surface area contributed by atoms with Crippen LogP contribution in [0.3, 0.4) is 0 Å². The fourth-order valence-electron chi connectivity index (χ4n) is 5.24. The standard InChI is InChI=1S/C27H31ClF2N4O4S/c28-23-10-9-22(39-23)27(37)31-14-21(34(16-3-1-4-16)17-5-2-6-17)26(36)32-20-8-7-18(13-19(20)25(29)30)33-11-12-38-15-24(33)35/h7-10,13,16-17,21,25H,1-6,11-12,14-15H2,(H,31,37)(H,32,36)/t21-/m1/s1. The number of halogens is 3. The molecule has 1 aromatic heterocycles. The molecule has 39 heavy (non-hydrogen) atoms. The van der Waals surface area contributed by atoms with Crippen LogP contribution >= 0.6 is 22.9 Å². The van der Waals surface area contributed by atoms with Gasteiger partial charge in [-0.3, -0.25) is 19.3 Å². The van der Waals surface area contributed by atoms with Gasteiger partial charge in [-0.25, -0.2) is 8.78 Å². The first-order valence-corrected chi connectivity index (χ1v) is 14.4. The first-order valence-electron chi connectivity index (χ1n) is 13.2. The zero-order valence-electron chi connectivity index (χ0n) is 21.3. The van der Waals surface area contributed by atoms with Gasteiger partial charge in [-0.15, -0.1) is 11.3 Å². The number of amides is 3. The summed E-state index contributed by atoms with van der Waals surface area (Å²) in [5.41, 5.74) is -0.0430. The predicted molar refractivity (Wildman–Crippen MR) is 146 cm³/mol. The number of hydrogen-bond donors (Lipinski definition) is 2. The third-order valence-corrected chi connectivity index (χ3v) is 8.96. The number of nitrogens with one attached hydrogen (secondary N) is 2. The van der Waals surface area contributed by atoms with E-state index in [0.717, 1.165) is 49.9 Å². The van der Waals surface area contributed by atoms with Gasteiger partial charge in [0.15, 0.2) is 0 Å². The van der Waals surface area contributed by atoms with Crippen LogP contribution in [0.2, 0.25) is 4.34 Å². The minimum atomic E-state index is -2.87. The maximum Gasteiger partial charge on any atom is 0.265 e. The van der Waals surface area contributed by atoms with E-state index < -0.39 is 18.4 Å². The summed E-state index contributed by atoms with van der Waals surface area (Å²) in [6.07, 6.45) is 3.10. The summed E-state index contributed by atoms with van der Waals surface area (Å²) < 4.78 is 33.9. The SMILES string of the molecule is O=C(NC[C@H](C(=O)Nc1ccc(N2CCOCC2=O)cc1C(F)F)N(C1CCC1)C1CCC1)c1ccc(Cl)s1. The topological polar surface area (TPSA) is 91.0 Å². The molecule has 1 aromatic carbocycles. The number of carbonyl (C=O) groups is 3. The molecule has 5 rings (SSSR count). The van der Waals surface area contributed by atoms with Crippen molar-refractivity contribution in [2.45, 2.75) is 63.1 Å². The first-order chi connectivity index (χ1) is 18.8. The molecule has 2 aliphatic carbocycles. The highest BCUT2D eigenvalue weighted by molar-refractivity contribution is 7.18. The Morgan fingerprint density at radius 3 is 2.41 bits per heavy atom. The summed E-state index contributed by atoms with van der Waals surface area (Å²) in [4.78, 5) is 42.8. The molecule has 12 heteroatoms. The van der Waals surface area contributed by atoms with Crippen molar-refractivity contribution in [1.29, 1.82) is 0 Å². The first kappa shape index (κ1) is 27.9. The number of benzene rings is 1. The monoisotopic (exact) mass is 580 g/mol. The molecule has 0 unspecified atom stereocenters. The van der Waals surface area contributed by atoms with Crippen LogP contribution in [0.15, 0.2) is 30.3 Å². The van der Waals surface area contributed by atoms with Crippen molar-refractivity contribution < 1.29 is 27.9 Å². The summed E-state index contributed by atoms with van der Waals surface area (Å²) in [6, 6.07) is 7.17. The summed E-state index contributed by atoms with van der Waals surface area (Å²) >= 11 is 7.13. The lowest BCUT2D eigenvalue weighted by Gasteiger charge is -2.49. The largest absolute Gasteiger partial charge is 0.370 e. The van der Waals surface area contributed by atoms with Crippen LogP contribution in [0.4, 0.5) is 20.2 Å². The predicted octanol–water partition coefficient (Wildman–Crippen LogP) is 4.85. The Kier molecular flexibility index (Phi) is 8.80. The number of alkyl halides is 2. The molecule has 3 amide bonds.